The van der Waals surface area contributed by atoms with Gasteiger partial charge in [0.2, 0.25) is 0 Å². The van der Waals surface area contributed by atoms with E-state index in [0.29, 0.717) is 6.54 Å². The molecule has 0 saturated heterocycles. The lowest BCUT2D eigenvalue weighted by molar-refractivity contribution is -0.698. The number of aromatic nitrogens is 1. The van der Waals surface area contributed by atoms with Gasteiger partial charge in [0.1, 0.15) is 6.61 Å². The zero-order chi connectivity index (χ0) is 7.40. The molecule has 0 amide bonds. The third kappa shape index (κ3) is 1.81. The fraction of sp³-hybridized carbons (Fsp3) is 0.375. The summed E-state index contributed by atoms with van der Waals surface area (Å²) in [4.78, 5) is 0. The van der Waals surface area contributed by atoms with E-state index in [1.807, 2.05) is 36.0 Å². The molecular weight excluding hydrogens is 126 g/mol. The molecule has 0 spiro atoms. The van der Waals surface area contributed by atoms with E-state index >= 15 is 0 Å². The summed E-state index contributed by atoms with van der Waals surface area (Å²) in [5.74, 6) is 0. The zero-order valence-electron chi connectivity index (χ0n) is 6.12. The largest absolute Gasteiger partial charge is 0.390 e. The van der Waals surface area contributed by atoms with Crippen molar-refractivity contribution in [2.45, 2.75) is 13.5 Å². The Hall–Kier alpha value is -0.890. The highest BCUT2D eigenvalue weighted by molar-refractivity contribution is 5.01. The van der Waals surface area contributed by atoms with Gasteiger partial charge in [0.05, 0.1) is 0 Å². The highest BCUT2D eigenvalue weighted by Gasteiger charge is 1.95. The summed E-state index contributed by atoms with van der Waals surface area (Å²) < 4.78 is 1.97. The minimum absolute atomic E-state index is 0.203. The Morgan fingerprint density at radius 3 is 3.00 bits per heavy atom. The first-order valence-electron chi connectivity index (χ1n) is 3.39. The van der Waals surface area contributed by atoms with Crippen molar-refractivity contribution in [1.29, 1.82) is 0 Å². The molecule has 0 radical (unpaired) electrons. The van der Waals surface area contributed by atoms with Gasteiger partial charge in [-0.2, -0.15) is 0 Å². The van der Waals surface area contributed by atoms with E-state index in [1.54, 1.807) is 0 Å². The Balaban J connectivity index is 2.75. The second-order valence-electron chi connectivity index (χ2n) is 2.34. The van der Waals surface area contributed by atoms with Crippen LogP contribution in [-0.4, -0.2) is 11.7 Å². The summed E-state index contributed by atoms with van der Waals surface area (Å²) in [6.45, 7) is 2.92. The van der Waals surface area contributed by atoms with Crippen LogP contribution in [0.4, 0.5) is 0 Å². The first-order valence-corrected chi connectivity index (χ1v) is 3.39. The van der Waals surface area contributed by atoms with E-state index in [0.717, 1.165) is 0 Å². The quantitative estimate of drug-likeness (QED) is 0.583. The summed E-state index contributed by atoms with van der Waals surface area (Å²) in [7, 11) is 0. The van der Waals surface area contributed by atoms with Crippen LogP contribution in [0.3, 0.4) is 0 Å². The summed E-state index contributed by atoms with van der Waals surface area (Å²) in [5.41, 5.74) is 1.22. The molecule has 2 nitrogen and oxygen atoms in total. The SMILES string of the molecule is Cc1ccc[n+](CCO)c1. The maximum Gasteiger partial charge on any atom is 0.171 e. The van der Waals surface area contributed by atoms with Gasteiger partial charge in [0.25, 0.3) is 0 Å². The second-order valence-corrected chi connectivity index (χ2v) is 2.34. The van der Waals surface area contributed by atoms with Crippen molar-refractivity contribution < 1.29 is 9.67 Å². The Bertz CT molecular complexity index is 210. The van der Waals surface area contributed by atoms with Crippen LogP contribution < -0.4 is 4.57 Å². The molecular formula is C8H12NO+. The predicted octanol–water partition coefficient (Wildman–Crippen LogP) is 0.275. The molecule has 1 aromatic heterocycles. The van der Waals surface area contributed by atoms with Crippen LogP contribution in [-0.2, 0) is 6.54 Å². The van der Waals surface area contributed by atoms with E-state index in [9.17, 15) is 0 Å². The summed E-state index contributed by atoms with van der Waals surface area (Å²) in [6.07, 6.45) is 3.96. The van der Waals surface area contributed by atoms with Gasteiger partial charge in [-0.25, -0.2) is 4.57 Å². The van der Waals surface area contributed by atoms with Crippen LogP contribution in [0.15, 0.2) is 24.5 Å². The van der Waals surface area contributed by atoms with Crippen LogP contribution in [0.2, 0.25) is 0 Å². The molecule has 0 aliphatic rings. The maximum absolute atomic E-state index is 8.59. The Labute approximate surface area is 60.8 Å². The molecule has 0 aliphatic carbocycles. The summed E-state index contributed by atoms with van der Waals surface area (Å²) in [5, 5.41) is 8.59. The van der Waals surface area contributed by atoms with Gasteiger partial charge in [-0.05, 0) is 13.0 Å². The molecule has 2 heteroatoms. The van der Waals surface area contributed by atoms with Crippen LogP contribution in [0, 0.1) is 6.92 Å². The molecule has 0 bridgehead atoms. The fourth-order valence-electron chi connectivity index (χ4n) is 0.908. The molecule has 0 saturated carbocycles. The van der Waals surface area contributed by atoms with Gasteiger partial charge < -0.3 is 5.11 Å². The van der Waals surface area contributed by atoms with E-state index in [1.165, 1.54) is 5.56 Å². The predicted molar refractivity (Wildman–Crippen MR) is 38.5 cm³/mol. The Morgan fingerprint density at radius 1 is 1.60 bits per heavy atom. The first kappa shape index (κ1) is 7.22. The monoisotopic (exact) mass is 138 g/mol. The minimum Gasteiger partial charge on any atom is -0.390 e. The topological polar surface area (TPSA) is 24.1 Å². The van der Waals surface area contributed by atoms with Crippen molar-refractivity contribution >= 4 is 0 Å². The van der Waals surface area contributed by atoms with Crippen molar-refractivity contribution in [2.75, 3.05) is 6.61 Å². The van der Waals surface area contributed by atoms with E-state index in [2.05, 4.69) is 0 Å². The van der Waals surface area contributed by atoms with Crippen molar-refractivity contribution in [3.05, 3.63) is 30.1 Å². The van der Waals surface area contributed by atoms with Gasteiger partial charge in [0, 0.05) is 11.6 Å². The fourth-order valence-corrected chi connectivity index (χ4v) is 0.908. The smallest absolute Gasteiger partial charge is 0.171 e. The molecule has 0 atom stereocenters. The molecule has 0 aliphatic heterocycles. The van der Waals surface area contributed by atoms with Crippen molar-refractivity contribution in [3.63, 3.8) is 0 Å². The first-order chi connectivity index (χ1) is 4.83. The number of aliphatic hydroxyl groups is 1. The average Bonchev–Trinajstić information content (AvgIpc) is 1.88. The molecule has 10 heavy (non-hydrogen) atoms. The summed E-state index contributed by atoms with van der Waals surface area (Å²) in [6, 6.07) is 4.01. The molecule has 1 heterocycles. The van der Waals surface area contributed by atoms with Crippen molar-refractivity contribution in [1.82, 2.24) is 0 Å². The van der Waals surface area contributed by atoms with Gasteiger partial charge in [-0.1, -0.05) is 0 Å². The number of pyridine rings is 1. The lowest BCUT2D eigenvalue weighted by atomic mass is 10.3. The van der Waals surface area contributed by atoms with E-state index < -0.39 is 0 Å². The zero-order valence-corrected chi connectivity index (χ0v) is 6.12. The molecule has 54 valence electrons. The average molecular weight is 138 g/mol. The van der Waals surface area contributed by atoms with Gasteiger partial charge in [-0.3, -0.25) is 0 Å². The molecule has 0 unspecified atom stereocenters. The Morgan fingerprint density at radius 2 is 2.40 bits per heavy atom. The van der Waals surface area contributed by atoms with Crippen LogP contribution in [0.5, 0.6) is 0 Å². The van der Waals surface area contributed by atoms with Crippen molar-refractivity contribution in [3.8, 4) is 0 Å². The number of aliphatic hydroxyl groups excluding tert-OH is 1. The normalized spacial score (nSPS) is 9.80. The molecule has 1 N–H and O–H groups in total. The third-order valence-electron chi connectivity index (χ3n) is 1.36. The maximum atomic E-state index is 8.59. The lowest BCUT2D eigenvalue weighted by Gasteiger charge is -1.92. The number of hydrogen-bond acceptors (Lipinski definition) is 1. The minimum atomic E-state index is 0.203. The highest BCUT2D eigenvalue weighted by Crippen LogP contribution is 1.88. The van der Waals surface area contributed by atoms with Crippen LogP contribution in [0.1, 0.15) is 5.56 Å². The molecule has 0 aromatic carbocycles. The highest BCUT2D eigenvalue weighted by atomic mass is 16.3. The molecule has 1 aromatic rings. The Kier molecular flexibility index (Phi) is 2.40. The van der Waals surface area contributed by atoms with E-state index in [4.69, 9.17) is 5.11 Å². The number of aryl methyl sites for hydroxylation is 1. The summed E-state index contributed by atoms with van der Waals surface area (Å²) >= 11 is 0. The number of rotatable bonds is 2. The third-order valence-corrected chi connectivity index (χ3v) is 1.36. The van der Waals surface area contributed by atoms with E-state index in [-0.39, 0.29) is 6.61 Å². The number of nitrogens with zero attached hydrogens (tertiary/aromatic N) is 1. The van der Waals surface area contributed by atoms with Crippen molar-refractivity contribution in [2.24, 2.45) is 0 Å². The van der Waals surface area contributed by atoms with Gasteiger partial charge >= 0.3 is 0 Å². The standard InChI is InChI=1S/C8H12NO/c1-8-3-2-4-9(7-8)5-6-10/h2-4,7,10H,5-6H2,1H3/q+1. The molecule has 0 fully saturated rings. The molecule has 1 rings (SSSR count). The van der Waals surface area contributed by atoms with Crippen LogP contribution >= 0.6 is 0 Å². The van der Waals surface area contributed by atoms with Crippen LogP contribution in [0.25, 0.3) is 0 Å². The lowest BCUT2D eigenvalue weighted by Crippen LogP contribution is -2.34. The second kappa shape index (κ2) is 3.32. The van der Waals surface area contributed by atoms with Gasteiger partial charge in [-0.15, -0.1) is 0 Å². The number of hydrogen-bond donors (Lipinski definition) is 1. The van der Waals surface area contributed by atoms with Gasteiger partial charge in [0.15, 0.2) is 18.9 Å².